The van der Waals surface area contributed by atoms with E-state index in [0.717, 1.165) is 29.9 Å². The molecule has 4 heteroatoms. The monoisotopic (exact) mass is 325 g/mol. The first-order valence-corrected chi connectivity index (χ1v) is 8.49. The van der Waals surface area contributed by atoms with Gasteiger partial charge in [-0.2, -0.15) is 0 Å². The van der Waals surface area contributed by atoms with Crippen molar-refractivity contribution in [3.8, 4) is 11.5 Å². The molecule has 0 saturated heterocycles. The maximum Gasteiger partial charge on any atom is 0.227 e. The van der Waals surface area contributed by atoms with Crippen LogP contribution < -0.4 is 14.8 Å². The Hall–Kier alpha value is -2.49. The zero-order valence-corrected chi connectivity index (χ0v) is 13.9. The lowest BCUT2D eigenvalue weighted by atomic mass is 9.93. The van der Waals surface area contributed by atoms with Crippen molar-refractivity contribution in [2.24, 2.45) is 0 Å². The van der Waals surface area contributed by atoms with E-state index in [1.807, 2.05) is 54.6 Å². The van der Waals surface area contributed by atoms with Gasteiger partial charge in [0.15, 0.2) is 11.5 Å². The molecule has 1 aliphatic rings. The number of para-hydroxylation sites is 2. The van der Waals surface area contributed by atoms with Crippen molar-refractivity contribution >= 4 is 5.91 Å². The Balaban J connectivity index is 1.58. The first kappa shape index (κ1) is 16.4. The van der Waals surface area contributed by atoms with E-state index in [0.29, 0.717) is 13.2 Å². The Kier molecular flexibility index (Phi) is 5.36. The summed E-state index contributed by atoms with van der Waals surface area (Å²) in [6, 6.07) is 17.5. The van der Waals surface area contributed by atoms with Crippen LogP contribution in [-0.4, -0.2) is 25.2 Å². The number of hydrogen-bond donors (Lipinski definition) is 1. The standard InChI is InChI=1S/C20H23NO3/c1-2-8-17(15-9-4-3-5-10-15)20(22)21-13-16-14-23-18-11-6-7-12-19(18)24-16/h3-7,9-12,16-17H,2,8,13-14H2,1H3,(H,21,22)/t16-,17-/m1/s1. The average Bonchev–Trinajstić information content (AvgIpc) is 2.64. The van der Waals surface area contributed by atoms with E-state index in [4.69, 9.17) is 9.47 Å². The van der Waals surface area contributed by atoms with Crippen molar-refractivity contribution in [2.45, 2.75) is 31.8 Å². The summed E-state index contributed by atoms with van der Waals surface area (Å²) < 4.78 is 11.6. The number of hydrogen-bond acceptors (Lipinski definition) is 3. The number of carbonyl (C=O) groups excluding carboxylic acids is 1. The molecule has 1 heterocycles. The summed E-state index contributed by atoms with van der Waals surface area (Å²) in [6.45, 7) is 2.99. The van der Waals surface area contributed by atoms with Gasteiger partial charge in [-0.3, -0.25) is 4.79 Å². The summed E-state index contributed by atoms with van der Waals surface area (Å²) in [4.78, 5) is 12.6. The molecule has 0 radical (unpaired) electrons. The average molecular weight is 325 g/mol. The minimum Gasteiger partial charge on any atom is -0.486 e. The molecule has 126 valence electrons. The van der Waals surface area contributed by atoms with Crippen molar-refractivity contribution < 1.29 is 14.3 Å². The third kappa shape index (κ3) is 3.88. The fraction of sp³-hybridized carbons (Fsp3) is 0.350. The van der Waals surface area contributed by atoms with Crippen molar-refractivity contribution in [2.75, 3.05) is 13.2 Å². The Labute approximate surface area is 142 Å². The molecule has 2 atom stereocenters. The van der Waals surface area contributed by atoms with Gasteiger partial charge in [0.05, 0.1) is 12.5 Å². The van der Waals surface area contributed by atoms with Crippen LogP contribution in [0.25, 0.3) is 0 Å². The van der Waals surface area contributed by atoms with Crippen molar-refractivity contribution in [3.63, 3.8) is 0 Å². The van der Waals surface area contributed by atoms with E-state index in [-0.39, 0.29) is 17.9 Å². The predicted molar refractivity (Wildman–Crippen MR) is 93.5 cm³/mol. The largest absolute Gasteiger partial charge is 0.486 e. The molecule has 0 fully saturated rings. The quantitative estimate of drug-likeness (QED) is 0.884. The van der Waals surface area contributed by atoms with Gasteiger partial charge in [-0.25, -0.2) is 0 Å². The molecule has 0 unspecified atom stereocenters. The van der Waals surface area contributed by atoms with Crippen LogP contribution >= 0.6 is 0 Å². The van der Waals surface area contributed by atoms with Crippen molar-refractivity contribution in [1.82, 2.24) is 5.32 Å². The Bertz CT molecular complexity index is 672. The smallest absolute Gasteiger partial charge is 0.227 e. The highest BCUT2D eigenvalue weighted by molar-refractivity contribution is 5.83. The number of ether oxygens (including phenoxy) is 2. The van der Waals surface area contributed by atoms with Gasteiger partial charge in [-0.05, 0) is 24.1 Å². The number of rotatable bonds is 6. The van der Waals surface area contributed by atoms with Gasteiger partial charge in [0, 0.05) is 0 Å². The minimum absolute atomic E-state index is 0.0468. The molecule has 1 amide bonds. The summed E-state index contributed by atoms with van der Waals surface area (Å²) >= 11 is 0. The van der Waals surface area contributed by atoms with E-state index in [2.05, 4.69) is 12.2 Å². The molecule has 0 spiro atoms. The van der Waals surface area contributed by atoms with Gasteiger partial charge in [-0.15, -0.1) is 0 Å². The third-order valence-corrected chi connectivity index (χ3v) is 4.17. The van der Waals surface area contributed by atoms with Crippen molar-refractivity contribution in [3.05, 3.63) is 60.2 Å². The molecular formula is C20H23NO3. The Morgan fingerprint density at radius 1 is 1.12 bits per heavy atom. The zero-order chi connectivity index (χ0) is 16.8. The highest BCUT2D eigenvalue weighted by Crippen LogP contribution is 2.30. The number of carbonyl (C=O) groups is 1. The fourth-order valence-electron chi connectivity index (χ4n) is 2.92. The van der Waals surface area contributed by atoms with E-state index in [9.17, 15) is 4.79 Å². The Morgan fingerprint density at radius 3 is 2.58 bits per heavy atom. The molecule has 2 aromatic carbocycles. The lowest BCUT2D eigenvalue weighted by molar-refractivity contribution is -0.123. The second-order valence-corrected chi connectivity index (χ2v) is 5.99. The number of fused-ring (bicyclic) bond motifs is 1. The lowest BCUT2D eigenvalue weighted by Crippen LogP contribution is -2.42. The van der Waals surface area contributed by atoms with Gasteiger partial charge < -0.3 is 14.8 Å². The molecular weight excluding hydrogens is 302 g/mol. The van der Waals surface area contributed by atoms with Crippen LogP contribution in [0.4, 0.5) is 0 Å². The summed E-state index contributed by atoms with van der Waals surface area (Å²) in [5.74, 6) is 1.42. The van der Waals surface area contributed by atoms with Gasteiger partial charge in [0.2, 0.25) is 5.91 Å². The van der Waals surface area contributed by atoms with Crippen LogP contribution in [0.1, 0.15) is 31.2 Å². The fourth-order valence-corrected chi connectivity index (χ4v) is 2.92. The molecule has 0 aliphatic carbocycles. The SMILES string of the molecule is CCC[C@@H](C(=O)NC[C@@H]1COc2ccccc2O1)c1ccccc1. The van der Waals surface area contributed by atoms with Crippen LogP contribution in [0.3, 0.4) is 0 Å². The van der Waals surface area contributed by atoms with Crippen molar-refractivity contribution in [1.29, 1.82) is 0 Å². The topological polar surface area (TPSA) is 47.6 Å². The van der Waals surface area contributed by atoms with Gasteiger partial charge in [0.1, 0.15) is 12.7 Å². The molecule has 4 nitrogen and oxygen atoms in total. The maximum absolute atomic E-state index is 12.6. The van der Waals surface area contributed by atoms with Crippen LogP contribution in [0.5, 0.6) is 11.5 Å². The first-order valence-electron chi connectivity index (χ1n) is 8.49. The number of amides is 1. The first-order chi connectivity index (χ1) is 11.8. The highest BCUT2D eigenvalue weighted by Gasteiger charge is 2.24. The van der Waals surface area contributed by atoms with Crippen LogP contribution in [0, 0.1) is 0 Å². The van der Waals surface area contributed by atoms with Crippen LogP contribution in [-0.2, 0) is 4.79 Å². The van der Waals surface area contributed by atoms with Gasteiger partial charge in [0.25, 0.3) is 0 Å². The van der Waals surface area contributed by atoms with Gasteiger partial charge in [-0.1, -0.05) is 55.8 Å². The Morgan fingerprint density at radius 2 is 1.83 bits per heavy atom. The van der Waals surface area contributed by atoms with E-state index in [1.165, 1.54) is 0 Å². The normalized spacial score (nSPS) is 17.1. The van der Waals surface area contributed by atoms with E-state index >= 15 is 0 Å². The third-order valence-electron chi connectivity index (χ3n) is 4.17. The maximum atomic E-state index is 12.6. The number of benzene rings is 2. The minimum atomic E-state index is -0.165. The molecule has 0 aromatic heterocycles. The van der Waals surface area contributed by atoms with Crippen LogP contribution in [0.2, 0.25) is 0 Å². The summed E-state index contributed by atoms with van der Waals surface area (Å²) in [5.41, 5.74) is 1.06. The van der Waals surface area contributed by atoms with E-state index < -0.39 is 0 Å². The van der Waals surface area contributed by atoms with E-state index in [1.54, 1.807) is 0 Å². The summed E-state index contributed by atoms with van der Waals surface area (Å²) in [7, 11) is 0. The molecule has 24 heavy (non-hydrogen) atoms. The second kappa shape index (κ2) is 7.86. The van der Waals surface area contributed by atoms with Crippen LogP contribution in [0.15, 0.2) is 54.6 Å². The molecule has 0 bridgehead atoms. The summed E-state index contributed by atoms with van der Waals surface area (Å²) in [5, 5.41) is 3.02. The molecule has 3 rings (SSSR count). The second-order valence-electron chi connectivity index (χ2n) is 5.99. The molecule has 2 aromatic rings. The molecule has 1 N–H and O–H groups in total. The molecule has 1 aliphatic heterocycles. The highest BCUT2D eigenvalue weighted by atomic mass is 16.6. The van der Waals surface area contributed by atoms with Gasteiger partial charge >= 0.3 is 0 Å². The molecule has 0 saturated carbocycles. The predicted octanol–water partition coefficient (Wildman–Crippen LogP) is 3.53. The summed E-state index contributed by atoms with van der Waals surface area (Å²) in [6.07, 6.45) is 1.63. The number of nitrogens with one attached hydrogen (secondary N) is 1. The zero-order valence-electron chi connectivity index (χ0n) is 13.9. The lowest BCUT2D eigenvalue weighted by Gasteiger charge is -2.27.